The Morgan fingerprint density at radius 1 is 0.500 bits per heavy atom. The summed E-state index contributed by atoms with van der Waals surface area (Å²) >= 11 is 1.90. The van der Waals surface area contributed by atoms with Crippen LogP contribution < -0.4 is 0 Å². The molecule has 0 aliphatic heterocycles. The van der Waals surface area contributed by atoms with Gasteiger partial charge in [0.2, 0.25) is 0 Å². The summed E-state index contributed by atoms with van der Waals surface area (Å²) in [6, 6.07) is 0. The van der Waals surface area contributed by atoms with Gasteiger partial charge in [0.15, 0.2) is 0 Å². The van der Waals surface area contributed by atoms with E-state index in [4.69, 9.17) is 0 Å². The molecule has 0 saturated heterocycles. The SMILES string of the molecule is CCCCCCCCCCCCCCCC[CH2][Ga].[H-].[H-]. The van der Waals surface area contributed by atoms with Crippen molar-refractivity contribution >= 4 is 18.6 Å². The zero-order chi connectivity index (χ0) is 13.3. The maximum Gasteiger partial charge on any atom is -1.00 e. The Hall–Kier alpha value is 0.636. The van der Waals surface area contributed by atoms with E-state index in [0.29, 0.717) is 0 Å². The summed E-state index contributed by atoms with van der Waals surface area (Å²) in [5.74, 6) is 0. The third-order valence-electron chi connectivity index (χ3n) is 3.81. The van der Waals surface area contributed by atoms with Gasteiger partial charge in [-0.25, -0.2) is 0 Å². The molecule has 0 aliphatic rings. The van der Waals surface area contributed by atoms with E-state index in [0.717, 1.165) is 0 Å². The van der Waals surface area contributed by atoms with Crippen LogP contribution in [0.15, 0.2) is 0 Å². The van der Waals surface area contributed by atoms with Crippen LogP contribution in [-0.2, 0) is 0 Å². The van der Waals surface area contributed by atoms with Crippen LogP contribution >= 0.6 is 0 Å². The average molecular weight is 311 g/mol. The molecule has 18 heavy (non-hydrogen) atoms. The molecule has 0 aromatic heterocycles. The molecule has 0 spiro atoms. The Morgan fingerprint density at radius 3 is 1.06 bits per heavy atom. The van der Waals surface area contributed by atoms with Crippen LogP contribution in [0.2, 0.25) is 4.98 Å². The van der Waals surface area contributed by atoms with E-state index in [-0.39, 0.29) is 2.85 Å². The van der Waals surface area contributed by atoms with Gasteiger partial charge in [-0.05, 0) is 0 Å². The standard InChI is InChI=1S/C17H35.Ga.2H/c1-3-5-7-9-11-13-15-17-16-14-12-10-8-6-4-2;;;/h1,3-17H2,2H3;;;/q;;2*-1. The van der Waals surface area contributed by atoms with Crippen molar-refractivity contribution in [2.45, 2.75) is 108 Å². The van der Waals surface area contributed by atoms with Gasteiger partial charge in [0.25, 0.3) is 0 Å². The van der Waals surface area contributed by atoms with Crippen molar-refractivity contribution < 1.29 is 2.85 Å². The van der Waals surface area contributed by atoms with Gasteiger partial charge in [-0.2, -0.15) is 0 Å². The molecule has 0 nitrogen and oxygen atoms in total. The summed E-state index contributed by atoms with van der Waals surface area (Å²) in [6.07, 6.45) is 22.1. The maximum atomic E-state index is 2.29. The van der Waals surface area contributed by atoms with Crippen molar-refractivity contribution in [3.63, 3.8) is 0 Å². The van der Waals surface area contributed by atoms with Crippen molar-refractivity contribution in [1.29, 1.82) is 0 Å². The minimum atomic E-state index is 0. The fraction of sp³-hybridized carbons (Fsp3) is 1.00. The number of rotatable bonds is 15. The molecule has 2 radical (unpaired) electrons. The predicted octanol–water partition coefficient (Wildman–Crippen LogP) is 6.67. The van der Waals surface area contributed by atoms with Gasteiger partial charge in [-0.3, -0.25) is 0 Å². The van der Waals surface area contributed by atoms with Gasteiger partial charge in [0.1, 0.15) is 0 Å². The monoisotopic (exact) mass is 310 g/mol. The van der Waals surface area contributed by atoms with Gasteiger partial charge in [-0.15, -0.1) is 0 Å². The van der Waals surface area contributed by atoms with Crippen molar-refractivity contribution in [2.24, 2.45) is 0 Å². The predicted molar refractivity (Wildman–Crippen MR) is 87.7 cm³/mol. The third kappa shape index (κ3) is 16.6. The Balaban J connectivity index is -0.00000144. The molecule has 0 unspecified atom stereocenters. The van der Waals surface area contributed by atoms with Crippen LogP contribution in [0.4, 0.5) is 0 Å². The summed E-state index contributed by atoms with van der Waals surface area (Å²) in [4.78, 5) is 1.44. The van der Waals surface area contributed by atoms with Crippen LogP contribution in [0.3, 0.4) is 0 Å². The quantitative estimate of drug-likeness (QED) is 0.234. The Morgan fingerprint density at radius 2 is 0.778 bits per heavy atom. The average Bonchev–Trinajstić information content (AvgIpc) is 2.39. The summed E-state index contributed by atoms with van der Waals surface area (Å²) in [7, 11) is 0. The minimum Gasteiger partial charge on any atom is -1.00 e. The fourth-order valence-corrected chi connectivity index (χ4v) is 3.12. The van der Waals surface area contributed by atoms with E-state index >= 15 is 0 Å². The molecule has 0 aromatic rings. The van der Waals surface area contributed by atoms with Crippen LogP contribution in [0.1, 0.15) is 106 Å². The number of unbranched alkanes of at least 4 members (excludes halogenated alkanes) is 14. The molecule has 0 fully saturated rings. The van der Waals surface area contributed by atoms with Crippen LogP contribution in [0.25, 0.3) is 0 Å². The maximum absolute atomic E-state index is 2.29. The van der Waals surface area contributed by atoms with Crippen molar-refractivity contribution in [3.8, 4) is 0 Å². The zero-order valence-electron chi connectivity index (χ0n) is 14.9. The van der Waals surface area contributed by atoms with Gasteiger partial charge in [-0.1, -0.05) is 32.6 Å². The first kappa shape index (κ1) is 18.6. The van der Waals surface area contributed by atoms with Crippen LogP contribution in [0.5, 0.6) is 0 Å². The van der Waals surface area contributed by atoms with E-state index in [9.17, 15) is 0 Å². The fourth-order valence-electron chi connectivity index (χ4n) is 2.52. The number of hydrogen-bond acceptors (Lipinski definition) is 0. The van der Waals surface area contributed by atoms with Crippen molar-refractivity contribution in [1.82, 2.24) is 0 Å². The minimum absolute atomic E-state index is 0. The van der Waals surface area contributed by atoms with E-state index < -0.39 is 0 Å². The van der Waals surface area contributed by atoms with Gasteiger partial charge >= 0.3 is 94.2 Å². The molecule has 0 atom stereocenters. The second kappa shape index (κ2) is 17.6. The summed E-state index contributed by atoms with van der Waals surface area (Å²) in [6.45, 7) is 2.29. The van der Waals surface area contributed by atoms with E-state index in [1.54, 1.807) is 0 Å². The second-order valence-corrected chi connectivity index (χ2v) is 6.95. The molecule has 1 heteroatoms. The topological polar surface area (TPSA) is 0 Å². The molecule has 0 aliphatic carbocycles. The smallest absolute Gasteiger partial charge is 1.00 e. The first-order valence-electron chi connectivity index (χ1n) is 8.62. The van der Waals surface area contributed by atoms with Crippen molar-refractivity contribution in [3.05, 3.63) is 0 Å². The third-order valence-corrected chi connectivity index (χ3v) is 4.66. The summed E-state index contributed by atoms with van der Waals surface area (Å²) in [5.41, 5.74) is 0. The second-order valence-electron chi connectivity index (χ2n) is 5.74. The first-order valence-corrected chi connectivity index (χ1v) is 10.3. The molecule has 0 N–H and O–H groups in total. The molecular weight excluding hydrogens is 274 g/mol. The summed E-state index contributed by atoms with van der Waals surface area (Å²) < 4.78 is 0. The van der Waals surface area contributed by atoms with E-state index in [1.165, 1.54) is 101 Å². The van der Waals surface area contributed by atoms with E-state index in [2.05, 4.69) is 6.92 Å². The van der Waals surface area contributed by atoms with Crippen LogP contribution in [0, 0.1) is 0 Å². The van der Waals surface area contributed by atoms with Gasteiger partial charge in [0, 0.05) is 0 Å². The molecule has 110 valence electrons. The molecule has 0 saturated carbocycles. The number of hydrogen-bond donors (Lipinski definition) is 0. The van der Waals surface area contributed by atoms with E-state index in [1.807, 2.05) is 18.6 Å². The van der Waals surface area contributed by atoms with Crippen LogP contribution in [-0.4, -0.2) is 18.6 Å². The zero-order valence-corrected chi connectivity index (χ0v) is 15.3. The normalized spacial score (nSPS) is 10.9. The van der Waals surface area contributed by atoms with Gasteiger partial charge < -0.3 is 2.85 Å². The first-order chi connectivity index (χ1) is 8.91. The molecule has 0 amide bonds. The molecule has 0 rings (SSSR count). The summed E-state index contributed by atoms with van der Waals surface area (Å²) in [5, 5.41) is 0. The van der Waals surface area contributed by atoms with Crippen molar-refractivity contribution in [2.75, 3.05) is 0 Å². The molecule has 0 aromatic carbocycles. The molecule has 0 bridgehead atoms. The van der Waals surface area contributed by atoms with Gasteiger partial charge in [0.05, 0.1) is 0 Å². The Labute approximate surface area is 130 Å². The largest absolute Gasteiger partial charge is 1.00 e. The Kier molecular flexibility index (Phi) is 18.3. The molecular formula is C17H37Ga-2. The Bertz CT molecular complexity index is 127. The molecule has 0 heterocycles.